The minimum absolute atomic E-state index is 1.17. The average Bonchev–Trinajstić information content (AvgIpc) is 3.61. The lowest BCUT2D eigenvalue weighted by Gasteiger charge is -2.14. The van der Waals surface area contributed by atoms with E-state index in [1.54, 1.807) is 0 Å². The van der Waals surface area contributed by atoms with Crippen LogP contribution >= 0.6 is 11.3 Å². The molecular formula is C40H25NS. The Hall–Kier alpha value is -5.18. The van der Waals surface area contributed by atoms with Crippen LogP contribution in [0.4, 0.5) is 0 Å². The highest BCUT2D eigenvalue weighted by molar-refractivity contribution is 7.26. The number of aromatic nitrogens is 1. The molecule has 1 nitrogen and oxygen atoms in total. The van der Waals surface area contributed by atoms with Crippen molar-refractivity contribution in [3.63, 3.8) is 0 Å². The summed E-state index contributed by atoms with van der Waals surface area (Å²) in [4.78, 5) is 0. The Kier molecular flexibility index (Phi) is 5.13. The van der Waals surface area contributed by atoms with Gasteiger partial charge in [0.15, 0.2) is 0 Å². The standard InChI is InChI=1S/C40H25NS/c1-3-11-26(12-4-1)29-23-30(27-13-5-2-6-14-27)25-31(24-29)41-34-17-9-7-15-32(34)39-35(41)21-19-28-20-22-37-40(38(28)39)33-16-8-10-18-36(33)42-37/h1-25H. The molecular weight excluding hydrogens is 527 g/mol. The summed E-state index contributed by atoms with van der Waals surface area (Å²) in [5.41, 5.74) is 8.48. The molecule has 0 spiro atoms. The summed E-state index contributed by atoms with van der Waals surface area (Å²) in [6.45, 7) is 0. The highest BCUT2D eigenvalue weighted by atomic mass is 32.1. The summed E-state index contributed by atoms with van der Waals surface area (Å²) in [6, 6.07) is 55.4. The molecule has 0 aliphatic heterocycles. The zero-order valence-electron chi connectivity index (χ0n) is 22.8. The fourth-order valence-electron chi connectivity index (χ4n) is 6.70. The van der Waals surface area contributed by atoms with Crippen molar-refractivity contribution in [3.05, 3.63) is 152 Å². The maximum Gasteiger partial charge on any atom is 0.0547 e. The average molecular weight is 552 g/mol. The molecule has 0 atom stereocenters. The molecule has 0 saturated carbocycles. The Morgan fingerprint density at radius 3 is 1.74 bits per heavy atom. The normalized spacial score (nSPS) is 11.8. The minimum atomic E-state index is 1.17. The molecule has 196 valence electrons. The van der Waals surface area contributed by atoms with Crippen molar-refractivity contribution in [1.82, 2.24) is 4.57 Å². The Morgan fingerprint density at radius 2 is 1.00 bits per heavy atom. The van der Waals surface area contributed by atoms with Gasteiger partial charge in [-0.3, -0.25) is 0 Å². The molecule has 9 aromatic rings. The summed E-state index contributed by atoms with van der Waals surface area (Å²) < 4.78 is 5.14. The molecule has 0 N–H and O–H groups in total. The molecule has 2 heterocycles. The van der Waals surface area contributed by atoms with Gasteiger partial charge in [0, 0.05) is 42.0 Å². The summed E-state index contributed by atoms with van der Waals surface area (Å²) in [5, 5.41) is 7.94. The third-order valence-corrected chi connectivity index (χ3v) is 9.68. The Morgan fingerprint density at radius 1 is 0.381 bits per heavy atom. The number of hydrogen-bond acceptors (Lipinski definition) is 1. The van der Waals surface area contributed by atoms with Gasteiger partial charge < -0.3 is 4.57 Å². The zero-order chi connectivity index (χ0) is 27.6. The quantitative estimate of drug-likeness (QED) is 0.206. The lowest BCUT2D eigenvalue weighted by molar-refractivity contribution is 1.18. The number of hydrogen-bond donors (Lipinski definition) is 0. The van der Waals surface area contributed by atoms with Crippen molar-refractivity contribution < 1.29 is 0 Å². The van der Waals surface area contributed by atoms with Crippen molar-refractivity contribution in [2.24, 2.45) is 0 Å². The SMILES string of the molecule is c1ccc(-c2cc(-c3ccccc3)cc(-n3c4ccccc4c4c5c(ccc6sc7ccccc7c65)ccc43)c2)cc1. The van der Waals surface area contributed by atoms with Crippen molar-refractivity contribution in [3.8, 4) is 27.9 Å². The first-order chi connectivity index (χ1) is 20.8. The third kappa shape index (κ3) is 3.49. The van der Waals surface area contributed by atoms with Crippen LogP contribution in [0.2, 0.25) is 0 Å². The van der Waals surface area contributed by atoms with Crippen molar-refractivity contribution in [1.29, 1.82) is 0 Å². The van der Waals surface area contributed by atoms with Gasteiger partial charge in [0.25, 0.3) is 0 Å². The van der Waals surface area contributed by atoms with Crippen LogP contribution in [0, 0.1) is 0 Å². The van der Waals surface area contributed by atoms with E-state index in [-0.39, 0.29) is 0 Å². The number of rotatable bonds is 3. The molecule has 42 heavy (non-hydrogen) atoms. The lowest BCUT2D eigenvalue weighted by atomic mass is 9.97. The molecule has 0 bridgehead atoms. The van der Waals surface area contributed by atoms with Crippen molar-refractivity contribution in [2.75, 3.05) is 0 Å². The highest BCUT2D eigenvalue weighted by Gasteiger charge is 2.19. The van der Waals surface area contributed by atoms with E-state index in [1.807, 2.05) is 11.3 Å². The van der Waals surface area contributed by atoms with E-state index >= 15 is 0 Å². The van der Waals surface area contributed by atoms with Gasteiger partial charge in [-0.25, -0.2) is 0 Å². The van der Waals surface area contributed by atoms with Crippen LogP contribution in [0.3, 0.4) is 0 Å². The second-order valence-corrected chi connectivity index (χ2v) is 12.0. The number of nitrogens with zero attached hydrogens (tertiary/aromatic N) is 1. The maximum atomic E-state index is 2.47. The summed E-state index contributed by atoms with van der Waals surface area (Å²) in [5.74, 6) is 0. The van der Waals surface area contributed by atoms with Crippen LogP contribution in [0.1, 0.15) is 0 Å². The fraction of sp³-hybridized carbons (Fsp3) is 0. The van der Waals surface area contributed by atoms with Crippen LogP contribution in [0.5, 0.6) is 0 Å². The Balaban J connectivity index is 1.44. The van der Waals surface area contributed by atoms with Crippen LogP contribution < -0.4 is 0 Å². The third-order valence-electron chi connectivity index (χ3n) is 8.55. The summed E-state index contributed by atoms with van der Waals surface area (Å²) >= 11 is 1.89. The molecule has 2 heteroatoms. The van der Waals surface area contributed by atoms with Gasteiger partial charge in [-0.05, 0) is 70.1 Å². The minimum Gasteiger partial charge on any atom is -0.309 e. The monoisotopic (exact) mass is 551 g/mol. The predicted molar refractivity (Wildman–Crippen MR) is 182 cm³/mol. The van der Waals surface area contributed by atoms with Gasteiger partial charge >= 0.3 is 0 Å². The summed E-state index contributed by atoms with van der Waals surface area (Å²) in [7, 11) is 0. The van der Waals surface area contributed by atoms with Crippen LogP contribution in [-0.4, -0.2) is 4.57 Å². The molecule has 7 aromatic carbocycles. The number of thiophene rings is 1. The van der Waals surface area contributed by atoms with Gasteiger partial charge in [-0.1, -0.05) is 109 Å². The van der Waals surface area contributed by atoms with E-state index in [2.05, 4.69) is 156 Å². The van der Waals surface area contributed by atoms with Gasteiger partial charge in [0.1, 0.15) is 0 Å². The topological polar surface area (TPSA) is 4.93 Å². The van der Waals surface area contributed by atoms with E-state index in [4.69, 9.17) is 0 Å². The van der Waals surface area contributed by atoms with E-state index in [9.17, 15) is 0 Å². The summed E-state index contributed by atoms with van der Waals surface area (Å²) in [6.07, 6.45) is 0. The molecule has 0 amide bonds. The van der Waals surface area contributed by atoms with Gasteiger partial charge in [0.05, 0.1) is 11.0 Å². The van der Waals surface area contributed by atoms with Crippen LogP contribution in [-0.2, 0) is 0 Å². The predicted octanol–water partition coefficient (Wildman–Crippen LogP) is 11.6. The molecule has 0 fully saturated rings. The van der Waals surface area contributed by atoms with Crippen molar-refractivity contribution in [2.45, 2.75) is 0 Å². The van der Waals surface area contributed by atoms with E-state index in [1.165, 1.54) is 80.7 Å². The number of para-hydroxylation sites is 1. The Labute approximate surface area is 247 Å². The van der Waals surface area contributed by atoms with Gasteiger partial charge in [-0.15, -0.1) is 11.3 Å². The lowest BCUT2D eigenvalue weighted by Crippen LogP contribution is -1.96. The van der Waals surface area contributed by atoms with Gasteiger partial charge in [0.2, 0.25) is 0 Å². The maximum absolute atomic E-state index is 2.47. The fourth-order valence-corrected chi connectivity index (χ4v) is 7.82. The van der Waals surface area contributed by atoms with E-state index in [0.29, 0.717) is 0 Å². The highest BCUT2D eigenvalue weighted by Crippen LogP contribution is 2.45. The van der Waals surface area contributed by atoms with Gasteiger partial charge in [-0.2, -0.15) is 0 Å². The first kappa shape index (κ1) is 23.5. The first-order valence-corrected chi connectivity index (χ1v) is 15.2. The molecule has 0 radical (unpaired) electrons. The molecule has 0 aliphatic rings. The van der Waals surface area contributed by atoms with Crippen LogP contribution in [0.25, 0.3) is 80.7 Å². The largest absolute Gasteiger partial charge is 0.309 e. The Bertz CT molecular complexity index is 2390. The molecule has 2 aromatic heterocycles. The molecule has 0 aliphatic carbocycles. The number of benzene rings is 7. The molecule has 0 unspecified atom stereocenters. The number of fused-ring (bicyclic) bond motifs is 9. The zero-order valence-corrected chi connectivity index (χ0v) is 23.6. The smallest absolute Gasteiger partial charge is 0.0547 e. The van der Waals surface area contributed by atoms with E-state index in [0.717, 1.165) is 0 Å². The first-order valence-electron chi connectivity index (χ1n) is 14.4. The van der Waals surface area contributed by atoms with Crippen LogP contribution in [0.15, 0.2) is 152 Å². The second-order valence-electron chi connectivity index (χ2n) is 10.9. The second kappa shape index (κ2) is 9.17. The van der Waals surface area contributed by atoms with E-state index < -0.39 is 0 Å². The molecule has 0 saturated heterocycles. The molecule has 9 rings (SSSR count). The van der Waals surface area contributed by atoms with Crippen molar-refractivity contribution >= 4 is 64.1 Å².